The van der Waals surface area contributed by atoms with Crippen LogP contribution in [-0.2, 0) is 11.2 Å². The Bertz CT molecular complexity index is 364. The van der Waals surface area contributed by atoms with Gasteiger partial charge in [0, 0.05) is 11.8 Å². The number of benzene rings is 1. The van der Waals surface area contributed by atoms with Crippen LogP contribution in [0.4, 0.5) is 0 Å². The number of allylic oxidation sites excluding steroid dienone is 2. The third-order valence-corrected chi connectivity index (χ3v) is 3.01. The summed E-state index contributed by atoms with van der Waals surface area (Å²) in [5.41, 5.74) is 1.25. The van der Waals surface area contributed by atoms with E-state index in [1.54, 1.807) is 0 Å². The van der Waals surface area contributed by atoms with Crippen LogP contribution in [0.1, 0.15) is 18.9 Å². The molecule has 1 aromatic carbocycles. The van der Waals surface area contributed by atoms with Gasteiger partial charge < -0.3 is 0 Å². The molecule has 0 saturated heterocycles. The van der Waals surface area contributed by atoms with Crippen molar-refractivity contribution in [3.8, 4) is 0 Å². The average Bonchev–Trinajstić information content (AvgIpc) is 2.26. The van der Waals surface area contributed by atoms with Crippen LogP contribution in [0.2, 0.25) is 0 Å². The summed E-state index contributed by atoms with van der Waals surface area (Å²) in [6, 6.07) is 10.2. The van der Waals surface area contributed by atoms with Gasteiger partial charge in [-0.25, -0.2) is 0 Å². The molecule has 2 unspecified atom stereocenters. The van der Waals surface area contributed by atoms with Crippen LogP contribution in [0.5, 0.6) is 0 Å². The molecule has 0 heterocycles. The second-order valence-corrected chi connectivity index (χ2v) is 4.26. The lowest BCUT2D eigenvalue weighted by Crippen LogP contribution is -2.24. The molecule has 0 fully saturated rings. The Morgan fingerprint density at radius 3 is 2.73 bits per heavy atom. The topological polar surface area (TPSA) is 17.1 Å². The van der Waals surface area contributed by atoms with E-state index in [0.717, 1.165) is 12.8 Å². The van der Waals surface area contributed by atoms with E-state index in [-0.39, 0.29) is 11.8 Å². The zero-order valence-electron chi connectivity index (χ0n) is 9.02. The molecule has 2 rings (SSSR count). The van der Waals surface area contributed by atoms with Gasteiger partial charge in [-0.15, -0.1) is 0 Å². The first-order valence-electron chi connectivity index (χ1n) is 5.51. The number of hydrogen-bond donors (Lipinski definition) is 0. The lowest BCUT2D eigenvalue weighted by molar-refractivity contribution is -0.125. The fraction of sp³-hybridized carbons (Fsp3) is 0.357. The standard InChI is InChI=1S/C14H16O/c1-11-6-5-9-13(14(11)15)10-12-7-3-2-4-8-12/h2-5,7-9,11,13H,6,10H2,1H3. The minimum atomic E-state index is 0.0937. The first-order chi connectivity index (χ1) is 7.27. The van der Waals surface area contributed by atoms with Crippen molar-refractivity contribution >= 4 is 5.78 Å². The molecule has 0 amide bonds. The van der Waals surface area contributed by atoms with Crippen LogP contribution in [0.25, 0.3) is 0 Å². The van der Waals surface area contributed by atoms with Crippen LogP contribution in [0.15, 0.2) is 42.5 Å². The van der Waals surface area contributed by atoms with Crippen molar-refractivity contribution in [3.63, 3.8) is 0 Å². The first kappa shape index (κ1) is 10.2. The third kappa shape index (κ3) is 2.35. The van der Waals surface area contributed by atoms with Crippen molar-refractivity contribution in [1.29, 1.82) is 0 Å². The number of carbonyl (C=O) groups is 1. The summed E-state index contributed by atoms with van der Waals surface area (Å²) in [4.78, 5) is 11.9. The predicted octanol–water partition coefficient (Wildman–Crippen LogP) is 3.01. The fourth-order valence-electron chi connectivity index (χ4n) is 2.06. The molecule has 0 saturated carbocycles. The van der Waals surface area contributed by atoms with E-state index in [1.807, 2.05) is 25.1 Å². The predicted molar refractivity (Wildman–Crippen MR) is 61.6 cm³/mol. The molecule has 0 bridgehead atoms. The van der Waals surface area contributed by atoms with Gasteiger partial charge in [0.1, 0.15) is 5.78 Å². The molecular formula is C14H16O. The highest BCUT2D eigenvalue weighted by atomic mass is 16.1. The van der Waals surface area contributed by atoms with Crippen LogP contribution in [-0.4, -0.2) is 5.78 Å². The van der Waals surface area contributed by atoms with E-state index in [0.29, 0.717) is 5.78 Å². The Kier molecular flexibility index (Phi) is 3.00. The molecule has 1 nitrogen and oxygen atoms in total. The van der Waals surface area contributed by atoms with E-state index >= 15 is 0 Å². The molecule has 0 aliphatic heterocycles. The van der Waals surface area contributed by atoms with Gasteiger partial charge in [0.2, 0.25) is 0 Å². The SMILES string of the molecule is CC1CC=CC(Cc2ccccc2)C1=O. The normalized spacial score (nSPS) is 25.5. The first-order valence-corrected chi connectivity index (χ1v) is 5.51. The van der Waals surface area contributed by atoms with Crippen LogP contribution >= 0.6 is 0 Å². The summed E-state index contributed by atoms with van der Waals surface area (Å²) in [5, 5.41) is 0. The van der Waals surface area contributed by atoms with Gasteiger partial charge in [0.15, 0.2) is 0 Å². The fourth-order valence-corrected chi connectivity index (χ4v) is 2.06. The molecule has 78 valence electrons. The molecule has 0 aromatic heterocycles. The summed E-state index contributed by atoms with van der Waals surface area (Å²) >= 11 is 0. The van der Waals surface area contributed by atoms with Crippen molar-refractivity contribution in [2.45, 2.75) is 19.8 Å². The number of hydrogen-bond acceptors (Lipinski definition) is 1. The van der Waals surface area contributed by atoms with Crippen molar-refractivity contribution in [2.75, 3.05) is 0 Å². The average molecular weight is 200 g/mol. The highest BCUT2D eigenvalue weighted by Crippen LogP contribution is 2.22. The zero-order valence-corrected chi connectivity index (χ0v) is 9.02. The van der Waals surface area contributed by atoms with E-state index < -0.39 is 0 Å². The smallest absolute Gasteiger partial charge is 0.143 e. The summed E-state index contributed by atoms with van der Waals surface area (Å²) in [7, 11) is 0. The summed E-state index contributed by atoms with van der Waals surface area (Å²) < 4.78 is 0. The maximum absolute atomic E-state index is 11.9. The zero-order chi connectivity index (χ0) is 10.7. The van der Waals surface area contributed by atoms with Gasteiger partial charge >= 0.3 is 0 Å². The van der Waals surface area contributed by atoms with Crippen molar-refractivity contribution < 1.29 is 4.79 Å². The monoisotopic (exact) mass is 200 g/mol. The maximum atomic E-state index is 11.9. The highest BCUT2D eigenvalue weighted by Gasteiger charge is 2.24. The minimum Gasteiger partial charge on any atom is -0.299 e. The van der Waals surface area contributed by atoms with Crippen molar-refractivity contribution in [2.24, 2.45) is 11.8 Å². The van der Waals surface area contributed by atoms with E-state index in [9.17, 15) is 4.79 Å². The summed E-state index contributed by atoms with van der Waals surface area (Å²) in [6.45, 7) is 2.02. The molecule has 0 N–H and O–H groups in total. The van der Waals surface area contributed by atoms with E-state index in [4.69, 9.17) is 0 Å². The lowest BCUT2D eigenvalue weighted by atomic mass is 9.83. The Balaban J connectivity index is 2.09. The molecule has 1 aliphatic rings. The Labute approximate surface area is 90.8 Å². The lowest BCUT2D eigenvalue weighted by Gasteiger charge is -2.20. The molecule has 1 aliphatic carbocycles. The van der Waals surface area contributed by atoms with Crippen LogP contribution in [0, 0.1) is 11.8 Å². The molecule has 1 heteroatoms. The number of ketones is 1. The van der Waals surface area contributed by atoms with Gasteiger partial charge in [-0.05, 0) is 18.4 Å². The molecule has 15 heavy (non-hydrogen) atoms. The molecule has 2 atom stereocenters. The number of carbonyl (C=O) groups excluding carboxylic acids is 1. The highest BCUT2D eigenvalue weighted by molar-refractivity contribution is 5.86. The second kappa shape index (κ2) is 4.43. The van der Waals surface area contributed by atoms with E-state index in [2.05, 4.69) is 24.3 Å². The molecule has 1 aromatic rings. The summed E-state index contributed by atoms with van der Waals surface area (Å²) in [5.74, 6) is 0.682. The van der Waals surface area contributed by atoms with Gasteiger partial charge in [0.25, 0.3) is 0 Å². The Morgan fingerprint density at radius 1 is 1.27 bits per heavy atom. The van der Waals surface area contributed by atoms with Gasteiger partial charge in [-0.1, -0.05) is 49.4 Å². The van der Waals surface area contributed by atoms with Gasteiger partial charge in [-0.2, -0.15) is 0 Å². The third-order valence-electron chi connectivity index (χ3n) is 3.01. The van der Waals surface area contributed by atoms with Crippen molar-refractivity contribution in [3.05, 3.63) is 48.0 Å². The molecule has 0 radical (unpaired) electrons. The quantitative estimate of drug-likeness (QED) is 0.671. The number of Topliss-reactive ketones (excluding diaryl/α,β-unsaturated/α-hetero) is 1. The second-order valence-electron chi connectivity index (χ2n) is 4.26. The molecule has 0 spiro atoms. The minimum absolute atomic E-state index is 0.0937. The van der Waals surface area contributed by atoms with E-state index in [1.165, 1.54) is 5.56 Å². The van der Waals surface area contributed by atoms with Gasteiger partial charge in [-0.3, -0.25) is 4.79 Å². The number of rotatable bonds is 2. The summed E-state index contributed by atoms with van der Waals surface area (Å²) in [6.07, 6.45) is 5.96. The van der Waals surface area contributed by atoms with Gasteiger partial charge in [0.05, 0.1) is 0 Å². The Morgan fingerprint density at radius 2 is 2.00 bits per heavy atom. The Hall–Kier alpha value is -1.37. The van der Waals surface area contributed by atoms with Crippen LogP contribution < -0.4 is 0 Å². The maximum Gasteiger partial charge on any atom is 0.143 e. The van der Waals surface area contributed by atoms with Crippen LogP contribution in [0.3, 0.4) is 0 Å². The van der Waals surface area contributed by atoms with Crippen molar-refractivity contribution in [1.82, 2.24) is 0 Å². The largest absolute Gasteiger partial charge is 0.299 e. The molecular weight excluding hydrogens is 184 g/mol.